The lowest BCUT2D eigenvalue weighted by Crippen LogP contribution is -2.41. The first-order valence-corrected chi connectivity index (χ1v) is 15.5. The molecule has 2 aliphatic rings. The first-order valence-electron chi connectivity index (χ1n) is 11.3. The lowest BCUT2D eigenvalue weighted by Gasteiger charge is -2.30. The number of piperidine rings is 1. The SMILES string of the molecule is CSc1ccc(S(=O)(=O)N2CCC(C(=O)Nc3ccc(S(=O)(=O)N4CCOCC4)cc3)CC2)cc1. The minimum atomic E-state index is -3.60. The minimum absolute atomic E-state index is 0.168. The van der Waals surface area contributed by atoms with E-state index in [9.17, 15) is 21.6 Å². The summed E-state index contributed by atoms with van der Waals surface area (Å²) in [6.45, 7) is 1.91. The number of hydrogen-bond donors (Lipinski definition) is 1. The van der Waals surface area contributed by atoms with Gasteiger partial charge < -0.3 is 10.1 Å². The summed E-state index contributed by atoms with van der Waals surface area (Å²) in [5.41, 5.74) is 0.500. The molecule has 2 aromatic carbocycles. The minimum Gasteiger partial charge on any atom is -0.379 e. The van der Waals surface area contributed by atoms with Gasteiger partial charge in [-0.1, -0.05) is 0 Å². The number of rotatable bonds is 7. The summed E-state index contributed by atoms with van der Waals surface area (Å²) < 4.78 is 59.4. The van der Waals surface area contributed by atoms with Gasteiger partial charge in [0.05, 0.1) is 23.0 Å². The number of thioether (sulfide) groups is 1. The van der Waals surface area contributed by atoms with Gasteiger partial charge in [0.25, 0.3) is 0 Å². The number of ether oxygens (including phenoxy) is 1. The van der Waals surface area contributed by atoms with E-state index >= 15 is 0 Å². The number of carbonyl (C=O) groups is 1. The Bertz CT molecular complexity index is 1230. The van der Waals surface area contributed by atoms with Gasteiger partial charge in [-0.2, -0.15) is 8.61 Å². The van der Waals surface area contributed by atoms with Crippen molar-refractivity contribution in [2.24, 2.45) is 5.92 Å². The molecular formula is C23H29N3O6S3. The van der Waals surface area contributed by atoms with Crippen molar-refractivity contribution in [2.45, 2.75) is 27.5 Å². The van der Waals surface area contributed by atoms with Crippen LogP contribution >= 0.6 is 11.8 Å². The van der Waals surface area contributed by atoms with Crippen molar-refractivity contribution in [3.05, 3.63) is 48.5 Å². The Balaban J connectivity index is 1.33. The number of nitrogens with zero attached hydrogens (tertiary/aromatic N) is 2. The summed E-state index contributed by atoms with van der Waals surface area (Å²) in [5, 5.41) is 2.83. The standard InChI is InChI=1S/C23H29N3O6S3/c1-33-20-4-8-22(9-5-20)34(28,29)25-12-10-18(11-13-25)23(27)24-19-2-6-21(7-3-19)35(30,31)26-14-16-32-17-15-26/h2-9,18H,10-17H2,1H3,(H,24,27). The predicted molar refractivity (Wildman–Crippen MR) is 134 cm³/mol. The molecule has 0 spiro atoms. The number of benzene rings is 2. The summed E-state index contributed by atoms with van der Waals surface area (Å²) in [6.07, 6.45) is 2.76. The van der Waals surface area contributed by atoms with Crippen LogP contribution in [0, 0.1) is 5.92 Å². The van der Waals surface area contributed by atoms with E-state index in [4.69, 9.17) is 4.74 Å². The number of anilines is 1. The molecule has 190 valence electrons. The first-order chi connectivity index (χ1) is 16.7. The highest BCUT2D eigenvalue weighted by Gasteiger charge is 2.32. The van der Waals surface area contributed by atoms with Crippen LogP contribution in [0.25, 0.3) is 0 Å². The number of carbonyl (C=O) groups excluding carboxylic acids is 1. The fourth-order valence-electron chi connectivity index (χ4n) is 4.15. The van der Waals surface area contributed by atoms with Gasteiger partial charge in [0.1, 0.15) is 0 Å². The van der Waals surface area contributed by atoms with Crippen molar-refractivity contribution in [1.29, 1.82) is 0 Å². The van der Waals surface area contributed by atoms with Crippen molar-refractivity contribution in [3.63, 3.8) is 0 Å². The number of amides is 1. The van der Waals surface area contributed by atoms with Crippen molar-refractivity contribution in [2.75, 3.05) is 51.0 Å². The molecule has 0 radical (unpaired) electrons. The van der Waals surface area contributed by atoms with Gasteiger partial charge in [0, 0.05) is 42.7 Å². The quantitative estimate of drug-likeness (QED) is 0.538. The van der Waals surface area contributed by atoms with Crippen LogP contribution in [0.2, 0.25) is 0 Å². The van der Waals surface area contributed by atoms with Crippen LogP contribution in [0.4, 0.5) is 5.69 Å². The largest absolute Gasteiger partial charge is 0.379 e. The monoisotopic (exact) mass is 539 g/mol. The zero-order chi connectivity index (χ0) is 25.1. The molecule has 9 nitrogen and oxygen atoms in total. The van der Waals surface area contributed by atoms with Crippen LogP contribution in [-0.4, -0.2) is 77.0 Å². The Morgan fingerprint density at radius 1 is 0.829 bits per heavy atom. The van der Waals surface area contributed by atoms with E-state index in [-0.39, 0.29) is 34.7 Å². The Morgan fingerprint density at radius 2 is 1.31 bits per heavy atom. The topological polar surface area (TPSA) is 113 Å². The van der Waals surface area contributed by atoms with Crippen LogP contribution in [0.15, 0.2) is 63.2 Å². The van der Waals surface area contributed by atoms with E-state index in [0.29, 0.717) is 44.8 Å². The van der Waals surface area contributed by atoms with Gasteiger partial charge in [-0.3, -0.25) is 4.79 Å². The lowest BCUT2D eigenvalue weighted by atomic mass is 9.97. The zero-order valence-electron chi connectivity index (χ0n) is 19.4. The summed E-state index contributed by atoms with van der Waals surface area (Å²) in [6, 6.07) is 12.9. The zero-order valence-corrected chi connectivity index (χ0v) is 21.9. The molecule has 2 fully saturated rings. The maximum absolute atomic E-state index is 12.9. The van der Waals surface area contributed by atoms with Gasteiger partial charge in [-0.05, 0) is 67.6 Å². The molecule has 1 N–H and O–H groups in total. The molecular weight excluding hydrogens is 510 g/mol. The van der Waals surface area contributed by atoms with E-state index in [1.807, 2.05) is 6.26 Å². The van der Waals surface area contributed by atoms with Crippen LogP contribution in [0.5, 0.6) is 0 Å². The highest BCUT2D eigenvalue weighted by atomic mass is 32.2. The number of sulfonamides is 2. The smallest absolute Gasteiger partial charge is 0.243 e. The highest BCUT2D eigenvalue weighted by Crippen LogP contribution is 2.27. The molecule has 2 saturated heterocycles. The molecule has 0 atom stereocenters. The van der Waals surface area contributed by atoms with Gasteiger partial charge in [0.15, 0.2) is 0 Å². The number of hydrogen-bond acceptors (Lipinski definition) is 7. The Labute approximate surface area is 210 Å². The molecule has 0 aromatic heterocycles. The van der Waals surface area contributed by atoms with E-state index in [1.165, 1.54) is 20.7 Å². The molecule has 2 aromatic rings. The number of nitrogens with one attached hydrogen (secondary N) is 1. The lowest BCUT2D eigenvalue weighted by molar-refractivity contribution is -0.120. The van der Waals surface area contributed by atoms with E-state index < -0.39 is 20.0 Å². The second kappa shape index (κ2) is 11.0. The second-order valence-corrected chi connectivity index (χ2v) is 13.1. The van der Waals surface area contributed by atoms with Gasteiger partial charge in [-0.25, -0.2) is 16.8 Å². The highest BCUT2D eigenvalue weighted by molar-refractivity contribution is 7.98. The molecule has 0 saturated carbocycles. The van der Waals surface area contributed by atoms with E-state index in [2.05, 4.69) is 5.32 Å². The fraction of sp³-hybridized carbons (Fsp3) is 0.435. The average molecular weight is 540 g/mol. The number of morpholine rings is 1. The van der Waals surface area contributed by atoms with Crippen LogP contribution in [0.1, 0.15) is 12.8 Å². The molecule has 0 aliphatic carbocycles. The summed E-state index contributed by atoms with van der Waals surface area (Å²) in [5.74, 6) is -0.521. The molecule has 35 heavy (non-hydrogen) atoms. The third kappa shape index (κ3) is 5.89. The fourth-order valence-corrected chi connectivity index (χ4v) is 7.43. The van der Waals surface area contributed by atoms with Crippen molar-refractivity contribution < 1.29 is 26.4 Å². The third-order valence-electron chi connectivity index (χ3n) is 6.25. The molecule has 0 unspecified atom stereocenters. The predicted octanol–water partition coefficient (Wildman–Crippen LogP) is 2.47. The Hall–Kier alpha value is -1.96. The molecule has 4 rings (SSSR count). The molecule has 2 heterocycles. The summed E-state index contributed by atoms with van der Waals surface area (Å²) >= 11 is 1.55. The molecule has 12 heteroatoms. The van der Waals surface area contributed by atoms with Crippen LogP contribution in [0.3, 0.4) is 0 Å². The molecule has 0 bridgehead atoms. The Morgan fingerprint density at radius 3 is 1.83 bits per heavy atom. The third-order valence-corrected chi connectivity index (χ3v) is 10.8. The Kier molecular flexibility index (Phi) is 8.19. The first kappa shape index (κ1) is 26.1. The average Bonchev–Trinajstić information content (AvgIpc) is 2.89. The summed E-state index contributed by atoms with van der Waals surface area (Å²) in [7, 11) is -7.20. The van der Waals surface area contributed by atoms with Crippen molar-refractivity contribution >= 4 is 43.4 Å². The maximum atomic E-state index is 12.9. The molecule has 1 amide bonds. The van der Waals surface area contributed by atoms with E-state index in [0.717, 1.165) is 4.90 Å². The molecule has 2 aliphatic heterocycles. The second-order valence-electron chi connectivity index (χ2n) is 8.38. The van der Waals surface area contributed by atoms with Crippen LogP contribution in [-0.2, 0) is 29.6 Å². The van der Waals surface area contributed by atoms with Gasteiger partial charge >= 0.3 is 0 Å². The van der Waals surface area contributed by atoms with Crippen molar-refractivity contribution in [3.8, 4) is 0 Å². The van der Waals surface area contributed by atoms with Crippen molar-refractivity contribution in [1.82, 2.24) is 8.61 Å². The maximum Gasteiger partial charge on any atom is 0.243 e. The van der Waals surface area contributed by atoms with Gasteiger partial charge in [-0.15, -0.1) is 11.8 Å². The van der Waals surface area contributed by atoms with Gasteiger partial charge in [0.2, 0.25) is 26.0 Å². The summed E-state index contributed by atoms with van der Waals surface area (Å²) in [4.78, 5) is 14.2. The van der Waals surface area contributed by atoms with E-state index in [1.54, 1.807) is 48.2 Å². The normalized spacial score (nSPS) is 18.9. The van der Waals surface area contributed by atoms with Crippen LogP contribution < -0.4 is 5.32 Å².